The summed E-state index contributed by atoms with van der Waals surface area (Å²) in [5.41, 5.74) is 0.0209. The summed E-state index contributed by atoms with van der Waals surface area (Å²) in [6, 6.07) is 12.0. The molecule has 3 rings (SSSR count). The van der Waals surface area contributed by atoms with Crippen LogP contribution in [-0.4, -0.2) is 22.8 Å². The molecule has 0 aliphatic carbocycles. The number of thiazole rings is 1. The first-order valence-electron chi connectivity index (χ1n) is 7.12. The van der Waals surface area contributed by atoms with E-state index in [2.05, 4.69) is 4.98 Å². The second-order valence-electron chi connectivity index (χ2n) is 5.32. The zero-order valence-electron chi connectivity index (χ0n) is 12.7. The molecule has 0 radical (unpaired) electrons. The number of hydrogen-bond donors (Lipinski definition) is 0. The molecule has 0 aliphatic heterocycles. The van der Waals surface area contributed by atoms with Crippen molar-refractivity contribution in [2.24, 2.45) is 0 Å². The largest absolute Gasteiger partial charge is 0.416 e. The number of alkyl halides is 3. The number of fused-ring (bicyclic) bond motifs is 1. The van der Waals surface area contributed by atoms with Crippen molar-refractivity contribution < 1.29 is 18.0 Å². The van der Waals surface area contributed by atoms with E-state index in [1.807, 2.05) is 24.3 Å². The highest BCUT2D eigenvalue weighted by molar-refractivity contribution is 7.18. The second-order valence-corrected chi connectivity index (χ2v) is 6.43. The number of benzene rings is 2. The minimum absolute atomic E-state index is 0.00781. The molecule has 0 bridgehead atoms. The van der Waals surface area contributed by atoms with E-state index in [1.54, 1.807) is 7.05 Å². The van der Waals surface area contributed by atoms with Crippen LogP contribution in [0.25, 0.3) is 10.2 Å². The molecular formula is C17H13F3N2OS. The second kappa shape index (κ2) is 6.24. The minimum Gasteiger partial charge on any atom is -0.335 e. The summed E-state index contributed by atoms with van der Waals surface area (Å²) in [7, 11) is 1.55. The van der Waals surface area contributed by atoms with Gasteiger partial charge in [0.2, 0.25) is 0 Å². The van der Waals surface area contributed by atoms with Crippen LogP contribution in [0.15, 0.2) is 48.5 Å². The summed E-state index contributed by atoms with van der Waals surface area (Å²) in [5, 5.41) is 0.735. The summed E-state index contributed by atoms with van der Waals surface area (Å²) in [6.07, 6.45) is -4.47. The fraction of sp³-hybridized carbons (Fsp3) is 0.176. The van der Waals surface area contributed by atoms with E-state index >= 15 is 0 Å². The molecule has 1 amide bonds. The molecule has 7 heteroatoms. The monoisotopic (exact) mass is 350 g/mol. The van der Waals surface area contributed by atoms with Crippen LogP contribution >= 0.6 is 11.3 Å². The van der Waals surface area contributed by atoms with E-state index in [9.17, 15) is 18.0 Å². The number of aromatic nitrogens is 1. The van der Waals surface area contributed by atoms with Gasteiger partial charge in [0.25, 0.3) is 5.91 Å². The van der Waals surface area contributed by atoms with Crippen LogP contribution in [0.5, 0.6) is 0 Å². The number of hydrogen-bond acceptors (Lipinski definition) is 3. The van der Waals surface area contributed by atoms with E-state index in [0.717, 1.165) is 27.4 Å². The SMILES string of the molecule is CN(Cc1nc2ccccc2s1)C(=O)c1cccc(C(F)(F)F)c1. The van der Waals surface area contributed by atoms with Gasteiger partial charge in [-0.25, -0.2) is 4.98 Å². The lowest BCUT2D eigenvalue weighted by atomic mass is 10.1. The summed E-state index contributed by atoms with van der Waals surface area (Å²) < 4.78 is 39.3. The molecule has 0 spiro atoms. The van der Waals surface area contributed by atoms with E-state index in [1.165, 1.54) is 28.4 Å². The number of rotatable bonds is 3. The Morgan fingerprint density at radius 2 is 1.92 bits per heavy atom. The van der Waals surface area contributed by atoms with Crippen molar-refractivity contribution in [2.45, 2.75) is 12.7 Å². The molecule has 2 aromatic carbocycles. The van der Waals surface area contributed by atoms with E-state index < -0.39 is 17.6 Å². The van der Waals surface area contributed by atoms with Crippen molar-refractivity contribution in [1.82, 2.24) is 9.88 Å². The molecule has 24 heavy (non-hydrogen) atoms. The van der Waals surface area contributed by atoms with Crippen LogP contribution in [0.2, 0.25) is 0 Å². The molecule has 0 saturated heterocycles. The van der Waals surface area contributed by atoms with Crippen LogP contribution in [0, 0.1) is 0 Å². The van der Waals surface area contributed by atoms with Crippen LogP contribution in [0.3, 0.4) is 0 Å². The van der Waals surface area contributed by atoms with Gasteiger partial charge in [-0.1, -0.05) is 18.2 Å². The van der Waals surface area contributed by atoms with Gasteiger partial charge in [0.15, 0.2) is 0 Å². The Hall–Kier alpha value is -2.41. The van der Waals surface area contributed by atoms with Gasteiger partial charge in [-0.2, -0.15) is 13.2 Å². The number of para-hydroxylation sites is 1. The maximum Gasteiger partial charge on any atom is 0.416 e. The third-order valence-corrected chi connectivity index (χ3v) is 4.52. The molecule has 124 valence electrons. The van der Waals surface area contributed by atoms with Gasteiger partial charge in [-0.3, -0.25) is 4.79 Å². The fourth-order valence-corrected chi connectivity index (χ4v) is 3.33. The van der Waals surface area contributed by atoms with Crippen molar-refractivity contribution in [3.8, 4) is 0 Å². The smallest absolute Gasteiger partial charge is 0.335 e. The standard InChI is InChI=1S/C17H13F3N2OS/c1-22(10-15-21-13-7-2-3-8-14(13)24-15)16(23)11-5-4-6-12(9-11)17(18,19)20/h2-9H,10H2,1H3. The van der Waals surface area contributed by atoms with Gasteiger partial charge in [0.05, 0.1) is 22.3 Å². The first-order chi connectivity index (χ1) is 11.3. The van der Waals surface area contributed by atoms with E-state index in [0.29, 0.717) is 0 Å². The third kappa shape index (κ3) is 3.41. The number of nitrogens with zero attached hydrogens (tertiary/aromatic N) is 2. The van der Waals surface area contributed by atoms with Gasteiger partial charge in [0.1, 0.15) is 5.01 Å². The van der Waals surface area contributed by atoms with E-state index in [4.69, 9.17) is 0 Å². The third-order valence-electron chi connectivity index (χ3n) is 3.49. The molecule has 0 aliphatic rings. The molecule has 0 atom stereocenters. The Balaban J connectivity index is 1.79. The molecule has 3 nitrogen and oxygen atoms in total. The Kier molecular flexibility index (Phi) is 4.28. The quantitative estimate of drug-likeness (QED) is 0.692. The zero-order valence-corrected chi connectivity index (χ0v) is 13.5. The van der Waals surface area contributed by atoms with Crippen molar-refractivity contribution in [1.29, 1.82) is 0 Å². The van der Waals surface area contributed by atoms with Crippen molar-refractivity contribution in [3.63, 3.8) is 0 Å². The lowest BCUT2D eigenvalue weighted by Crippen LogP contribution is -2.26. The Bertz CT molecular complexity index is 856. The molecule has 3 aromatic rings. The van der Waals surface area contributed by atoms with Gasteiger partial charge in [-0.05, 0) is 30.3 Å². The Labute approximate surface area is 140 Å². The first-order valence-corrected chi connectivity index (χ1v) is 7.93. The average molecular weight is 350 g/mol. The van der Waals surface area contributed by atoms with Crippen LogP contribution in [-0.2, 0) is 12.7 Å². The molecule has 1 aromatic heterocycles. The number of carbonyl (C=O) groups excluding carboxylic acids is 1. The average Bonchev–Trinajstić information content (AvgIpc) is 2.95. The highest BCUT2D eigenvalue weighted by Gasteiger charge is 2.31. The van der Waals surface area contributed by atoms with Crippen molar-refractivity contribution in [2.75, 3.05) is 7.05 Å². The topological polar surface area (TPSA) is 33.2 Å². The fourth-order valence-electron chi connectivity index (χ4n) is 2.31. The maximum absolute atomic E-state index is 12.8. The van der Waals surface area contributed by atoms with Crippen LogP contribution in [0.4, 0.5) is 13.2 Å². The lowest BCUT2D eigenvalue weighted by molar-refractivity contribution is -0.137. The van der Waals surface area contributed by atoms with Gasteiger partial charge in [-0.15, -0.1) is 11.3 Å². The summed E-state index contributed by atoms with van der Waals surface area (Å²) in [6.45, 7) is 0.244. The zero-order chi connectivity index (χ0) is 17.3. The van der Waals surface area contributed by atoms with E-state index in [-0.39, 0.29) is 12.1 Å². The number of carbonyl (C=O) groups is 1. The predicted molar refractivity (Wildman–Crippen MR) is 86.9 cm³/mol. The highest BCUT2D eigenvalue weighted by atomic mass is 32.1. The van der Waals surface area contributed by atoms with Crippen LogP contribution < -0.4 is 0 Å². The predicted octanol–water partition coefficient (Wildman–Crippen LogP) is 4.59. The number of amides is 1. The molecule has 0 N–H and O–H groups in total. The van der Waals surface area contributed by atoms with Gasteiger partial charge in [0, 0.05) is 12.6 Å². The Morgan fingerprint density at radius 3 is 2.62 bits per heavy atom. The van der Waals surface area contributed by atoms with Crippen molar-refractivity contribution >= 4 is 27.5 Å². The summed E-state index contributed by atoms with van der Waals surface area (Å²) in [4.78, 5) is 18.2. The van der Waals surface area contributed by atoms with Gasteiger partial charge < -0.3 is 4.90 Å². The Morgan fingerprint density at radius 1 is 1.17 bits per heavy atom. The first kappa shape index (κ1) is 16.4. The highest BCUT2D eigenvalue weighted by Crippen LogP contribution is 2.30. The lowest BCUT2D eigenvalue weighted by Gasteiger charge is -2.16. The van der Waals surface area contributed by atoms with Crippen LogP contribution in [0.1, 0.15) is 20.9 Å². The molecule has 0 unspecified atom stereocenters. The van der Waals surface area contributed by atoms with Crippen molar-refractivity contribution in [3.05, 3.63) is 64.7 Å². The van der Waals surface area contributed by atoms with Gasteiger partial charge >= 0.3 is 6.18 Å². The summed E-state index contributed by atoms with van der Waals surface area (Å²) >= 11 is 1.46. The normalized spacial score (nSPS) is 11.7. The molecular weight excluding hydrogens is 337 g/mol. The maximum atomic E-state index is 12.8. The summed E-state index contributed by atoms with van der Waals surface area (Å²) in [5.74, 6) is -0.472. The minimum atomic E-state index is -4.47. The molecule has 1 heterocycles. The molecule has 0 saturated carbocycles. The number of halogens is 3. The molecule has 0 fully saturated rings.